The molecular weight excluding hydrogens is 290 g/mol. The average molecular weight is 309 g/mol. The number of nitrogens with two attached hydrogens (primary N) is 2. The van der Waals surface area contributed by atoms with Crippen LogP contribution in [0.5, 0.6) is 0 Å². The number of carbonyl (C=O) groups excluding carboxylic acids is 1. The molecule has 0 atom stereocenters. The molecule has 1 aromatic rings. The van der Waals surface area contributed by atoms with Crippen molar-refractivity contribution in [3.05, 3.63) is 29.8 Å². The third kappa shape index (κ3) is 5.19. The summed E-state index contributed by atoms with van der Waals surface area (Å²) in [5.41, 5.74) is 9.79. The maximum Gasteiger partial charge on any atom is 0.242 e. The van der Waals surface area contributed by atoms with Gasteiger partial charge in [-0.15, -0.1) is 0 Å². The minimum atomic E-state index is -3.83. The lowest BCUT2D eigenvalue weighted by Crippen LogP contribution is -2.46. The normalized spacial score (nSPS) is 11.6. The summed E-state index contributed by atoms with van der Waals surface area (Å²) in [6.07, 6.45) is -0.108. The van der Waals surface area contributed by atoms with Gasteiger partial charge in [-0.25, -0.2) is 13.1 Å². The van der Waals surface area contributed by atoms with E-state index in [0.29, 0.717) is 5.56 Å². The molecule has 1 rings (SSSR count). The molecule has 0 radical (unpaired) electrons. The average Bonchev–Trinajstić information content (AvgIpc) is 2.33. The van der Waals surface area contributed by atoms with Crippen LogP contribution in [0.15, 0.2) is 29.2 Å². The molecule has 7 heteroatoms. The number of rotatable bonds is 5. The van der Waals surface area contributed by atoms with Crippen molar-refractivity contribution >= 4 is 15.9 Å². The van der Waals surface area contributed by atoms with E-state index < -0.39 is 21.5 Å². The summed E-state index contributed by atoms with van der Waals surface area (Å²) in [6, 6.07) is 6.33. The lowest BCUT2D eigenvalue weighted by atomic mass is 10.0. The number of amides is 1. The molecule has 0 spiro atoms. The van der Waals surface area contributed by atoms with Crippen LogP contribution in [-0.2, 0) is 14.8 Å². The van der Waals surface area contributed by atoms with Gasteiger partial charge in [0.05, 0.1) is 11.4 Å². The van der Waals surface area contributed by atoms with Gasteiger partial charge in [0.15, 0.2) is 0 Å². The molecule has 114 valence electrons. The van der Waals surface area contributed by atoms with E-state index in [1.54, 1.807) is 32.0 Å². The lowest BCUT2D eigenvalue weighted by Gasteiger charge is -2.24. The molecule has 0 unspecified atom stereocenters. The first-order chi connectivity index (χ1) is 9.68. The Kier molecular flexibility index (Phi) is 5.49. The molecule has 0 aliphatic heterocycles. The molecule has 5 N–H and O–H groups in total. The third-order valence-corrected chi connectivity index (χ3v) is 4.28. The maximum absolute atomic E-state index is 12.5. The van der Waals surface area contributed by atoms with Gasteiger partial charge < -0.3 is 11.5 Å². The Morgan fingerprint density at radius 3 is 2.52 bits per heavy atom. The summed E-state index contributed by atoms with van der Waals surface area (Å²) in [6.45, 7) is 3.31. The van der Waals surface area contributed by atoms with Crippen molar-refractivity contribution < 1.29 is 13.2 Å². The highest BCUT2D eigenvalue weighted by molar-refractivity contribution is 7.89. The molecule has 0 saturated carbocycles. The fourth-order valence-corrected chi connectivity index (χ4v) is 3.42. The van der Waals surface area contributed by atoms with Gasteiger partial charge in [-0.3, -0.25) is 4.79 Å². The predicted octanol–water partition coefficient (Wildman–Crippen LogP) is -0.0709. The van der Waals surface area contributed by atoms with Gasteiger partial charge in [0.25, 0.3) is 0 Å². The van der Waals surface area contributed by atoms with Crippen LogP contribution in [0, 0.1) is 11.8 Å². The van der Waals surface area contributed by atoms with Crippen molar-refractivity contribution in [2.24, 2.45) is 11.5 Å². The fourth-order valence-electron chi connectivity index (χ4n) is 1.84. The van der Waals surface area contributed by atoms with Crippen molar-refractivity contribution in [1.29, 1.82) is 0 Å². The summed E-state index contributed by atoms with van der Waals surface area (Å²) in [5, 5.41) is 0. The van der Waals surface area contributed by atoms with Crippen molar-refractivity contribution in [2.75, 3.05) is 6.54 Å². The van der Waals surface area contributed by atoms with E-state index in [9.17, 15) is 13.2 Å². The van der Waals surface area contributed by atoms with Crippen LogP contribution in [0.25, 0.3) is 0 Å². The molecular formula is C14H19N3O3S. The molecule has 0 bridgehead atoms. The highest BCUT2D eigenvalue weighted by Crippen LogP contribution is 2.18. The summed E-state index contributed by atoms with van der Waals surface area (Å²) >= 11 is 0. The number of hydrogen-bond acceptors (Lipinski definition) is 4. The summed E-state index contributed by atoms with van der Waals surface area (Å²) < 4.78 is 27.4. The van der Waals surface area contributed by atoms with Crippen LogP contribution in [0.2, 0.25) is 0 Å². The van der Waals surface area contributed by atoms with Gasteiger partial charge in [-0.1, -0.05) is 24.0 Å². The topological polar surface area (TPSA) is 115 Å². The molecule has 0 saturated heterocycles. The first-order valence-electron chi connectivity index (χ1n) is 6.28. The van der Waals surface area contributed by atoms with E-state index in [1.165, 1.54) is 6.07 Å². The van der Waals surface area contributed by atoms with Crippen LogP contribution in [0.3, 0.4) is 0 Å². The summed E-state index contributed by atoms with van der Waals surface area (Å²) in [5.74, 6) is 4.76. The van der Waals surface area contributed by atoms with Crippen LogP contribution in [0.4, 0.5) is 0 Å². The highest BCUT2D eigenvalue weighted by Gasteiger charge is 2.29. The molecule has 21 heavy (non-hydrogen) atoms. The zero-order valence-electron chi connectivity index (χ0n) is 12.0. The van der Waals surface area contributed by atoms with Crippen LogP contribution >= 0.6 is 0 Å². The number of sulfonamides is 1. The van der Waals surface area contributed by atoms with Gasteiger partial charge in [-0.2, -0.15) is 0 Å². The van der Waals surface area contributed by atoms with Gasteiger partial charge in [0.1, 0.15) is 0 Å². The minimum Gasteiger partial charge on any atom is -0.370 e. The van der Waals surface area contributed by atoms with E-state index in [2.05, 4.69) is 16.6 Å². The quantitative estimate of drug-likeness (QED) is 0.660. The van der Waals surface area contributed by atoms with Crippen molar-refractivity contribution in [1.82, 2.24) is 4.72 Å². The number of primary amides is 1. The summed E-state index contributed by atoms with van der Waals surface area (Å²) in [7, 11) is -3.83. The standard InChI is InChI=1S/C14H19N3O3S/c1-14(2,10-13(16)18)17-21(19,20)12-8-4-3-6-11(12)7-5-9-15/h3-4,6,8,17H,9-10,15H2,1-2H3,(H2,16,18). The van der Waals surface area contributed by atoms with Crippen LogP contribution < -0.4 is 16.2 Å². The summed E-state index contributed by atoms with van der Waals surface area (Å²) in [4.78, 5) is 11.0. The van der Waals surface area contributed by atoms with Crippen molar-refractivity contribution in [2.45, 2.75) is 30.7 Å². The second-order valence-electron chi connectivity index (χ2n) is 5.13. The first kappa shape index (κ1) is 17.2. The van der Waals surface area contributed by atoms with Gasteiger partial charge in [0, 0.05) is 17.5 Å². The highest BCUT2D eigenvalue weighted by atomic mass is 32.2. The molecule has 1 aromatic carbocycles. The predicted molar refractivity (Wildman–Crippen MR) is 80.6 cm³/mol. The fraction of sp³-hybridized carbons (Fsp3) is 0.357. The number of benzene rings is 1. The van der Waals surface area contributed by atoms with E-state index in [-0.39, 0.29) is 17.9 Å². The Morgan fingerprint density at radius 2 is 1.95 bits per heavy atom. The molecule has 0 fully saturated rings. The van der Waals surface area contributed by atoms with E-state index in [0.717, 1.165) is 0 Å². The Morgan fingerprint density at radius 1 is 1.33 bits per heavy atom. The molecule has 1 amide bonds. The lowest BCUT2D eigenvalue weighted by molar-refractivity contribution is -0.119. The Hall–Kier alpha value is -1.88. The Bertz CT molecular complexity index is 685. The van der Waals surface area contributed by atoms with E-state index in [4.69, 9.17) is 11.5 Å². The van der Waals surface area contributed by atoms with Crippen LogP contribution in [-0.4, -0.2) is 26.4 Å². The smallest absolute Gasteiger partial charge is 0.242 e. The van der Waals surface area contributed by atoms with E-state index >= 15 is 0 Å². The second-order valence-corrected chi connectivity index (χ2v) is 6.79. The van der Waals surface area contributed by atoms with Crippen molar-refractivity contribution in [3.8, 4) is 11.8 Å². The third-order valence-electron chi connectivity index (χ3n) is 2.53. The molecule has 0 heterocycles. The number of carbonyl (C=O) groups is 1. The monoisotopic (exact) mass is 309 g/mol. The minimum absolute atomic E-state index is 0.0449. The maximum atomic E-state index is 12.5. The van der Waals surface area contributed by atoms with Crippen LogP contribution in [0.1, 0.15) is 25.8 Å². The van der Waals surface area contributed by atoms with Crippen molar-refractivity contribution in [3.63, 3.8) is 0 Å². The molecule has 0 aliphatic rings. The number of nitrogens with one attached hydrogen (secondary N) is 1. The molecule has 0 aromatic heterocycles. The Balaban J connectivity index is 3.17. The van der Waals surface area contributed by atoms with E-state index in [1.807, 2.05) is 0 Å². The molecule has 6 nitrogen and oxygen atoms in total. The first-order valence-corrected chi connectivity index (χ1v) is 7.76. The Labute approximate surface area is 125 Å². The van der Waals surface area contributed by atoms with Gasteiger partial charge in [0.2, 0.25) is 15.9 Å². The SMILES string of the molecule is CC(C)(CC(N)=O)NS(=O)(=O)c1ccccc1C#CCN. The molecule has 0 aliphatic carbocycles. The number of hydrogen-bond donors (Lipinski definition) is 3. The van der Waals surface area contributed by atoms with Gasteiger partial charge in [-0.05, 0) is 26.0 Å². The van der Waals surface area contributed by atoms with Gasteiger partial charge >= 0.3 is 0 Å². The zero-order chi connectivity index (χ0) is 16.1. The zero-order valence-corrected chi connectivity index (χ0v) is 12.8. The largest absolute Gasteiger partial charge is 0.370 e. The second kappa shape index (κ2) is 6.72.